The number of hydrogen-bond donors (Lipinski definition) is 1. The maximum atomic E-state index is 10.8. The van der Waals surface area contributed by atoms with Gasteiger partial charge in [-0.3, -0.25) is 4.79 Å². The average molecular weight is 218 g/mol. The zero-order valence-electron chi connectivity index (χ0n) is 9.65. The standard InChI is InChI=1S/C14H18O2/c1-10(14(15)16)11-6-8-13(9-7-11)12-4-2-3-5-12/h6-10,12H,2-5H2,1H3,(H,15,16). The molecule has 1 unspecified atom stereocenters. The van der Waals surface area contributed by atoms with Crippen LogP contribution in [0.25, 0.3) is 0 Å². The highest BCUT2D eigenvalue weighted by atomic mass is 16.4. The van der Waals surface area contributed by atoms with Gasteiger partial charge < -0.3 is 5.11 Å². The van der Waals surface area contributed by atoms with Gasteiger partial charge in [-0.05, 0) is 36.8 Å². The fourth-order valence-electron chi connectivity index (χ4n) is 2.46. The van der Waals surface area contributed by atoms with Crippen molar-refractivity contribution in [2.45, 2.75) is 44.4 Å². The molecule has 1 aromatic carbocycles. The third kappa shape index (κ3) is 2.26. The summed E-state index contributed by atoms with van der Waals surface area (Å²) in [5, 5.41) is 8.92. The average Bonchev–Trinajstić information content (AvgIpc) is 2.81. The summed E-state index contributed by atoms with van der Waals surface area (Å²) >= 11 is 0. The molecule has 0 spiro atoms. The minimum Gasteiger partial charge on any atom is -0.481 e. The highest BCUT2D eigenvalue weighted by Gasteiger charge is 2.18. The summed E-state index contributed by atoms with van der Waals surface area (Å²) < 4.78 is 0. The van der Waals surface area contributed by atoms with E-state index in [4.69, 9.17) is 5.11 Å². The van der Waals surface area contributed by atoms with Gasteiger partial charge in [-0.25, -0.2) is 0 Å². The Labute approximate surface area is 96.3 Å². The lowest BCUT2D eigenvalue weighted by atomic mass is 9.94. The molecule has 0 amide bonds. The number of benzene rings is 1. The second kappa shape index (κ2) is 4.69. The predicted octanol–water partition coefficient (Wildman–Crippen LogP) is 3.53. The van der Waals surface area contributed by atoms with Gasteiger partial charge in [0.2, 0.25) is 0 Å². The Balaban J connectivity index is 2.12. The largest absolute Gasteiger partial charge is 0.481 e. The molecule has 2 rings (SSSR count). The van der Waals surface area contributed by atoms with Gasteiger partial charge in [-0.1, -0.05) is 37.1 Å². The zero-order chi connectivity index (χ0) is 11.5. The molecule has 0 saturated heterocycles. The Bertz CT molecular complexity index is 361. The Morgan fingerprint density at radius 1 is 1.25 bits per heavy atom. The van der Waals surface area contributed by atoms with Crippen molar-refractivity contribution in [2.24, 2.45) is 0 Å². The SMILES string of the molecule is CC(C(=O)O)c1ccc(C2CCCC2)cc1. The summed E-state index contributed by atoms with van der Waals surface area (Å²) in [6.07, 6.45) is 5.23. The Kier molecular flexibility index (Phi) is 3.28. The lowest BCUT2D eigenvalue weighted by molar-refractivity contribution is -0.138. The van der Waals surface area contributed by atoms with Gasteiger partial charge in [-0.2, -0.15) is 0 Å². The van der Waals surface area contributed by atoms with Crippen molar-refractivity contribution in [3.05, 3.63) is 35.4 Å². The number of hydrogen-bond acceptors (Lipinski definition) is 1. The molecule has 86 valence electrons. The van der Waals surface area contributed by atoms with E-state index in [1.54, 1.807) is 6.92 Å². The normalized spacial score (nSPS) is 18.6. The number of aliphatic carboxylic acids is 1. The quantitative estimate of drug-likeness (QED) is 0.842. The zero-order valence-corrected chi connectivity index (χ0v) is 9.65. The van der Waals surface area contributed by atoms with Gasteiger partial charge in [0, 0.05) is 0 Å². The van der Waals surface area contributed by atoms with E-state index in [0.29, 0.717) is 5.92 Å². The molecule has 0 aliphatic heterocycles. The first kappa shape index (κ1) is 11.2. The minimum absolute atomic E-state index is 0.405. The Hall–Kier alpha value is -1.31. The highest BCUT2D eigenvalue weighted by Crippen LogP contribution is 2.34. The van der Waals surface area contributed by atoms with Crippen LogP contribution in [-0.2, 0) is 4.79 Å². The molecule has 1 fully saturated rings. The second-order valence-electron chi connectivity index (χ2n) is 4.71. The van der Waals surface area contributed by atoms with Crippen molar-refractivity contribution in [2.75, 3.05) is 0 Å². The minimum atomic E-state index is -0.756. The molecule has 1 atom stereocenters. The molecule has 1 aromatic rings. The molecule has 0 radical (unpaired) electrons. The highest BCUT2D eigenvalue weighted by molar-refractivity contribution is 5.75. The van der Waals surface area contributed by atoms with E-state index in [2.05, 4.69) is 12.1 Å². The van der Waals surface area contributed by atoms with E-state index in [1.165, 1.54) is 31.2 Å². The Morgan fingerprint density at radius 3 is 2.31 bits per heavy atom. The van der Waals surface area contributed by atoms with Crippen molar-refractivity contribution in [1.82, 2.24) is 0 Å². The molecule has 1 N–H and O–H groups in total. The lowest BCUT2D eigenvalue weighted by Crippen LogP contribution is -2.07. The summed E-state index contributed by atoms with van der Waals surface area (Å²) in [7, 11) is 0. The molecule has 0 aromatic heterocycles. The smallest absolute Gasteiger partial charge is 0.310 e. The van der Waals surface area contributed by atoms with Crippen LogP contribution in [0.2, 0.25) is 0 Å². The van der Waals surface area contributed by atoms with Crippen LogP contribution < -0.4 is 0 Å². The third-order valence-electron chi connectivity index (χ3n) is 3.63. The monoisotopic (exact) mass is 218 g/mol. The van der Waals surface area contributed by atoms with Crippen molar-refractivity contribution in [3.63, 3.8) is 0 Å². The first-order chi connectivity index (χ1) is 7.68. The fourth-order valence-corrected chi connectivity index (χ4v) is 2.46. The predicted molar refractivity (Wildman–Crippen MR) is 63.7 cm³/mol. The molecular formula is C14H18O2. The van der Waals surface area contributed by atoms with Crippen LogP contribution in [0.4, 0.5) is 0 Å². The number of rotatable bonds is 3. The van der Waals surface area contributed by atoms with Crippen LogP contribution in [0.1, 0.15) is 55.6 Å². The molecular weight excluding hydrogens is 200 g/mol. The molecule has 1 saturated carbocycles. The van der Waals surface area contributed by atoms with Crippen LogP contribution >= 0.6 is 0 Å². The Morgan fingerprint density at radius 2 is 1.81 bits per heavy atom. The van der Waals surface area contributed by atoms with Crippen molar-refractivity contribution < 1.29 is 9.90 Å². The first-order valence-electron chi connectivity index (χ1n) is 6.01. The van der Waals surface area contributed by atoms with Crippen molar-refractivity contribution >= 4 is 5.97 Å². The van der Waals surface area contributed by atoms with Gasteiger partial charge in [0.25, 0.3) is 0 Å². The van der Waals surface area contributed by atoms with Gasteiger partial charge in [-0.15, -0.1) is 0 Å². The maximum absolute atomic E-state index is 10.8. The lowest BCUT2D eigenvalue weighted by Gasteiger charge is -2.11. The second-order valence-corrected chi connectivity index (χ2v) is 4.71. The number of carboxylic acids is 1. The summed E-state index contributed by atoms with van der Waals surface area (Å²) in [6, 6.07) is 8.13. The molecule has 0 bridgehead atoms. The van der Waals surface area contributed by atoms with E-state index in [0.717, 1.165) is 5.56 Å². The van der Waals surface area contributed by atoms with Crippen LogP contribution in [0.5, 0.6) is 0 Å². The summed E-state index contributed by atoms with van der Waals surface area (Å²) in [5.41, 5.74) is 2.27. The van der Waals surface area contributed by atoms with E-state index < -0.39 is 11.9 Å². The third-order valence-corrected chi connectivity index (χ3v) is 3.63. The van der Waals surface area contributed by atoms with E-state index in [1.807, 2.05) is 12.1 Å². The van der Waals surface area contributed by atoms with Crippen molar-refractivity contribution in [1.29, 1.82) is 0 Å². The molecule has 1 aliphatic carbocycles. The van der Waals surface area contributed by atoms with Crippen LogP contribution in [0.15, 0.2) is 24.3 Å². The number of carboxylic acid groups (broad SMARTS) is 1. The fraction of sp³-hybridized carbons (Fsp3) is 0.500. The topological polar surface area (TPSA) is 37.3 Å². The van der Waals surface area contributed by atoms with E-state index >= 15 is 0 Å². The number of carbonyl (C=O) groups is 1. The summed E-state index contributed by atoms with van der Waals surface area (Å²) in [5.74, 6) is -0.458. The van der Waals surface area contributed by atoms with E-state index in [-0.39, 0.29) is 0 Å². The van der Waals surface area contributed by atoms with Crippen LogP contribution in [0, 0.1) is 0 Å². The van der Waals surface area contributed by atoms with Gasteiger partial charge in [0.1, 0.15) is 0 Å². The summed E-state index contributed by atoms with van der Waals surface area (Å²) in [6.45, 7) is 1.73. The van der Waals surface area contributed by atoms with Crippen molar-refractivity contribution in [3.8, 4) is 0 Å². The summed E-state index contributed by atoms with van der Waals surface area (Å²) in [4.78, 5) is 10.8. The van der Waals surface area contributed by atoms with Gasteiger partial charge in [0.05, 0.1) is 5.92 Å². The molecule has 16 heavy (non-hydrogen) atoms. The molecule has 2 heteroatoms. The molecule has 0 heterocycles. The van der Waals surface area contributed by atoms with Crippen LogP contribution in [0.3, 0.4) is 0 Å². The van der Waals surface area contributed by atoms with Gasteiger partial charge >= 0.3 is 5.97 Å². The van der Waals surface area contributed by atoms with Gasteiger partial charge in [0.15, 0.2) is 0 Å². The van der Waals surface area contributed by atoms with Crippen LogP contribution in [-0.4, -0.2) is 11.1 Å². The van der Waals surface area contributed by atoms with E-state index in [9.17, 15) is 4.79 Å². The maximum Gasteiger partial charge on any atom is 0.310 e. The first-order valence-corrected chi connectivity index (χ1v) is 6.01. The molecule has 2 nitrogen and oxygen atoms in total. The molecule has 1 aliphatic rings.